The summed E-state index contributed by atoms with van der Waals surface area (Å²) in [7, 11) is 0. The molecule has 0 amide bonds. The molecule has 0 spiro atoms. The van der Waals surface area contributed by atoms with Crippen molar-refractivity contribution in [2.45, 2.75) is 51.0 Å². The van der Waals surface area contributed by atoms with E-state index in [2.05, 4.69) is 22.4 Å². The van der Waals surface area contributed by atoms with Crippen LogP contribution in [0.25, 0.3) is 0 Å². The Bertz CT molecular complexity index is 361. The van der Waals surface area contributed by atoms with Crippen LogP contribution in [0.3, 0.4) is 0 Å². The van der Waals surface area contributed by atoms with E-state index in [0.717, 1.165) is 19.5 Å². The number of hydrogen-bond donors (Lipinski definition) is 2. The second-order valence-corrected chi connectivity index (χ2v) is 5.22. The van der Waals surface area contributed by atoms with Gasteiger partial charge in [0, 0.05) is 36.2 Å². The topological polar surface area (TPSA) is 40.7 Å². The van der Waals surface area contributed by atoms with Gasteiger partial charge < -0.3 is 5.32 Å². The molecule has 82 valence electrons. The largest absolute Gasteiger partial charge is 0.312 e. The third-order valence-corrected chi connectivity index (χ3v) is 4.09. The quantitative estimate of drug-likeness (QED) is 0.735. The lowest BCUT2D eigenvalue weighted by Gasteiger charge is -2.24. The molecule has 2 heterocycles. The maximum absolute atomic E-state index is 4.59. The Kier molecular flexibility index (Phi) is 2.09. The normalized spacial score (nSPS) is 24.1. The van der Waals surface area contributed by atoms with Crippen LogP contribution in [-0.2, 0) is 18.4 Å². The van der Waals surface area contributed by atoms with Crippen molar-refractivity contribution in [1.82, 2.24) is 15.5 Å². The van der Waals surface area contributed by atoms with Crippen LogP contribution in [0.4, 0.5) is 0 Å². The van der Waals surface area contributed by atoms with E-state index < -0.39 is 0 Å². The summed E-state index contributed by atoms with van der Waals surface area (Å²) < 4.78 is 0. The molecule has 3 heteroatoms. The molecule has 1 aromatic rings. The van der Waals surface area contributed by atoms with Gasteiger partial charge in [-0.25, -0.2) is 0 Å². The Balaban J connectivity index is 2.00. The van der Waals surface area contributed by atoms with E-state index in [9.17, 15) is 0 Å². The monoisotopic (exact) mass is 205 g/mol. The minimum atomic E-state index is 0.350. The fourth-order valence-electron chi connectivity index (χ4n) is 3.12. The first-order valence-corrected chi connectivity index (χ1v) is 6.07. The lowest BCUT2D eigenvalue weighted by atomic mass is 9.82. The van der Waals surface area contributed by atoms with Crippen molar-refractivity contribution in [2.24, 2.45) is 0 Å². The summed E-state index contributed by atoms with van der Waals surface area (Å²) in [6.07, 6.45) is 6.46. The first-order chi connectivity index (χ1) is 7.30. The van der Waals surface area contributed by atoms with Gasteiger partial charge in [0.25, 0.3) is 0 Å². The molecule has 1 aliphatic heterocycles. The predicted molar refractivity (Wildman–Crippen MR) is 59.8 cm³/mol. The van der Waals surface area contributed by atoms with Gasteiger partial charge in [0.1, 0.15) is 0 Å². The van der Waals surface area contributed by atoms with Gasteiger partial charge in [0.15, 0.2) is 0 Å². The Morgan fingerprint density at radius 2 is 2.07 bits per heavy atom. The van der Waals surface area contributed by atoms with Crippen LogP contribution in [-0.4, -0.2) is 16.7 Å². The molecule has 2 N–H and O–H groups in total. The molecule has 0 aromatic carbocycles. The smallest absolute Gasteiger partial charge is 0.0728 e. The van der Waals surface area contributed by atoms with Crippen molar-refractivity contribution in [3.63, 3.8) is 0 Å². The van der Waals surface area contributed by atoms with E-state index in [1.165, 1.54) is 42.6 Å². The van der Waals surface area contributed by atoms with E-state index in [0.29, 0.717) is 5.41 Å². The molecule has 3 nitrogen and oxygen atoms in total. The number of hydrogen-bond acceptors (Lipinski definition) is 2. The number of rotatable bonds is 1. The summed E-state index contributed by atoms with van der Waals surface area (Å²) in [6.45, 7) is 4.48. The van der Waals surface area contributed by atoms with Crippen molar-refractivity contribution in [1.29, 1.82) is 0 Å². The number of fused-ring (bicyclic) bond motifs is 1. The van der Waals surface area contributed by atoms with Crippen molar-refractivity contribution < 1.29 is 0 Å². The average Bonchev–Trinajstić information content (AvgIpc) is 2.84. The second kappa shape index (κ2) is 3.34. The summed E-state index contributed by atoms with van der Waals surface area (Å²) in [4.78, 5) is 0. The lowest BCUT2D eigenvalue weighted by Crippen LogP contribution is -2.27. The number of aromatic nitrogens is 2. The number of H-pyrrole nitrogens is 1. The zero-order valence-electron chi connectivity index (χ0n) is 9.40. The molecule has 15 heavy (non-hydrogen) atoms. The molecule has 1 aromatic heterocycles. The molecule has 0 radical (unpaired) electrons. The van der Waals surface area contributed by atoms with E-state index in [4.69, 9.17) is 0 Å². The van der Waals surface area contributed by atoms with Gasteiger partial charge in [0.05, 0.1) is 5.69 Å². The molecule has 2 aliphatic rings. The van der Waals surface area contributed by atoms with Crippen molar-refractivity contribution in [3.05, 3.63) is 17.0 Å². The predicted octanol–water partition coefficient (Wildman–Crippen LogP) is 1.89. The van der Waals surface area contributed by atoms with Crippen LogP contribution in [0.15, 0.2) is 0 Å². The minimum absolute atomic E-state index is 0.350. The third kappa shape index (κ3) is 1.41. The molecular weight excluding hydrogens is 186 g/mol. The van der Waals surface area contributed by atoms with Crippen LogP contribution in [0.5, 0.6) is 0 Å². The first-order valence-electron chi connectivity index (χ1n) is 6.07. The summed E-state index contributed by atoms with van der Waals surface area (Å²) >= 11 is 0. The van der Waals surface area contributed by atoms with Gasteiger partial charge in [-0.05, 0) is 12.8 Å². The first kappa shape index (κ1) is 9.40. The van der Waals surface area contributed by atoms with Crippen LogP contribution < -0.4 is 5.32 Å². The van der Waals surface area contributed by atoms with E-state index in [1.807, 2.05) is 0 Å². The summed E-state index contributed by atoms with van der Waals surface area (Å²) in [5.74, 6) is 0. The van der Waals surface area contributed by atoms with Crippen molar-refractivity contribution in [3.8, 4) is 0 Å². The standard InChI is InChI=1S/C12H19N3/c1-12(5-2-3-6-12)11-9-8-13-7-4-10(9)14-15-11/h13H,2-8H2,1H3,(H,14,15). The molecular formula is C12H19N3. The molecule has 1 aliphatic carbocycles. The Morgan fingerprint density at radius 3 is 2.87 bits per heavy atom. The highest BCUT2D eigenvalue weighted by molar-refractivity contribution is 5.33. The number of nitrogens with zero attached hydrogens (tertiary/aromatic N) is 1. The van der Waals surface area contributed by atoms with Crippen LogP contribution in [0, 0.1) is 0 Å². The van der Waals surface area contributed by atoms with Gasteiger partial charge in [-0.15, -0.1) is 0 Å². The van der Waals surface area contributed by atoms with Gasteiger partial charge in [-0.2, -0.15) is 5.10 Å². The zero-order valence-corrected chi connectivity index (χ0v) is 9.40. The van der Waals surface area contributed by atoms with Crippen LogP contribution in [0.2, 0.25) is 0 Å². The zero-order chi connectivity index (χ0) is 10.3. The summed E-state index contributed by atoms with van der Waals surface area (Å²) in [5.41, 5.74) is 4.54. The highest BCUT2D eigenvalue weighted by Gasteiger charge is 2.35. The minimum Gasteiger partial charge on any atom is -0.312 e. The Hall–Kier alpha value is -0.830. The summed E-state index contributed by atoms with van der Waals surface area (Å²) in [5, 5.41) is 11.3. The Morgan fingerprint density at radius 1 is 1.27 bits per heavy atom. The Labute approximate surface area is 90.7 Å². The number of nitrogens with one attached hydrogen (secondary N) is 2. The van der Waals surface area contributed by atoms with Crippen molar-refractivity contribution in [2.75, 3.05) is 6.54 Å². The molecule has 3 rings (SSSR count). The highest BCUT2D eigenvalue weighted by Crippen LogP contribution is 2.41. The van der Waals surface area contributed by atoms with Gasteiger partial charge in [-0.1, -0.05) is 19.8 Å². The lowest BCUT2D eigenvalue weighted by molar-refractivity contribution is 0.467. The van der Waals surface area contributed by atoms with Crippen molar-refractivity contribution >= 4 is 0 Å². The second-order valence-electron chi connectivity index (χ2n) is 5.22. The number of aromatic amines is 1. The highest BCUT2D eigenvalue weighted by atomic mass is 15.1. The fourth-order valence-corrected chi connectivity index (χ4v) is 3.12. The maximum atomic E-state index is 4.59. The van der Waals surface area contributed by atoms with E-state index >= 15 is 0 Å². The maximum Gasteiger partial charge on any atom is 0.0728 e. The summed E-state index contributed by atoms with van der Waals surface area (Å²) in [6, 6.07) is 0. The van der Waals surface area contributed by atoms with E-state index in [1.54, 1.807) is 0 Å². The molecule has 1 fully saturated rings. The molecule has 0 saturated heterocycles. The van der Waals surface area contributed by atoms with E-state index in [-0.39, 0.29) is 0 Å². The third-order valence-electron chi connectivity index (χ3n) is 4.09. The average molecular weight is 205 g/mol. The SMILES string of the molecule is CC1(c2n[nH]c3c2CNCC3)CCCC1. The fraction of sp³-hybridized carbons (Fsp3) is 0.750. The molecule has 0 unspecified atom stereocenters. The van der Waals surface area contributed by atoms with Gasteiger partial charge in [-0.3, -0.25) is 5.10 Å². The molecule has 0 atom stereocenters. The van der Waals surface area contributed by atoms with Crippen LogP contribution in [0.1, 0.15) is 49.6 Å². The van der Waals surface area contributed by atoms with Gasteiger partial charge >= 0.3 is 0 Å². The molecule has 0 bridgehead atoms. The molecule has 1 saturated carbocycles. The van der Waals surface area contributed by atoms with Crippen LogP contribution >= 0.6 is 0 Å². The van der Waals surface area contributed by atoms with Gasteiger partial charge in [0.2, 0.25) is 0 Å².